The first-order valence-corrected chi connectivity index (χ1v) is 9.98. The number of aromatic nitrogens is 2. The molecule has 3 aromatic rings. The highest BCUT2D eigenvalue weighted by molar-refractivity contribution is 5.80. The first-order valence-electron chi connectivity index (χ1n) is 9.98. The summed E-state index contributed by atoms with van der Waals surface area (Å²) in [4.78, 5) is 20.9. The Labute approximate surface area is 176 Å². The van der Waals surface area contributed by atoms with Crippen molar-refractivity contribution >= 4 is 16.9 Å². The Balaban J connectivity index is 1.81. The molecule has 0 saturated heterocycles. The number of para-hydroxylation sites is 2. The van der Waals surface area contributed by atoms with E-state index in [0.29, 0.717) is 23.2 Å². The van der Waals surface area contributed by atoms with E-state index in [-0.39, 0.29) is 18.4 Å². The molecule has 1 atom stereocenters. The summed E-state index contributed by atoms with van der Waals surface area (Å²) in [5.41, 5.74) is 2.62. The van der Waals surface area contributed by atoms with Crippen molar-refractivity contribution in [2.45, 2.75) is 32.7 Å². The SMILES string of the molecule is COc1cc(CC(=O)NC(CC(C)C)c2nc3ccccc3[nH]2)cc(OC)c1OC. The predicted octanol–water partition coefficient (Wildman–Crippen LogP) is 4.03. The lowest BCUT2D eigenvalue weighted by Gasteiger charge is -2.19. The van der Waals surface area contributed by atoms with Crippen LogP contribution in [0.25, 0.3) is 11.0 Å². The van der Waals surface area contributed by atoms with Crippen LogP contribution in [0.1, 0.15) is 37.7 Å². The maximum absolute atomic E-state index is 12.9. The molecular weight excluding hydrogens is 382 g/mol. The smallest absolute Gasteiger partial charge is 0.225 e. The van der Waals surface area contributed by atoms with Crippen molar-refractivity contribution in [1.29, 1.82) is 0 Å². The van der Waals surface area contributed by atoms with E-state index >= 15 is 0 Å². The monoisotopic (exact) mass is 411 g/mol. The molecule has 7 heteroatoms. The van der Waals surface area contributed by atoms with Gasteiger partial charge in [-0.3, -0.25) is 4.79 Å². The van der Waals surface area contributed by atoms with Gasteiger partial charge in [-0.05, 0) is 42.2 Å². The van der Waals surface area contributed by atoms with E-state index in [1.165, 1.54) is 0 Å². The van der Waals surface area contributed by atoms with Gasteiger partial charge in [0.25, 0.3) is 0 Å². The summed E-state index contributed by atoms with van der Waals surface area (Å²) in [6.07, 6.45) is 0.965. The van der Waals surface area contributed by atoms with E-state index in [4.69, 9.17) is 14.2 Å². The van der Waals surface area contributed by atoms with Gasteiger partial charge in [0.15, 0.2) is 11.5 Å². The van der Waals surface area contributed by atoms with Gasteiger partial charge in [-0.15, -0.1) is 0 Å². The number of ether oxygens (including phenoxy) is 3. The minimum absolute atomic E-state index is 0.102. The van der Waals surface area contributed by atoms with Crippen LogP contribution >= 0.6 is 0 Å². The number of carbonyl (C=O) groups is 1. The second-order valence-corrected chi connectivity index (χ2v) is 7.60. The molecule has 0 bridgehead atoms. The van der Waals surface area contributed by atoms with E-state index in [1.807, 2.05) is 24.3 Å². The van der Waals surface area contributed by atoms with Crippen LogP contribution in [0.2, 0.25) is 0 Å². The summed E-state index contributed by atoms with van der Waals surface area (Å²) in [7, 11) is 4.67. The zero-order valence-corrected chi connectivity index (χ0v) is 18.1. The fraction of sp³-hybridized carbons (Fsp3) is 0.391. The van der Waals surface area contributed by atoms with Crippen LogP contribution in [0.15, 0.2) is 36.4 Å². The quantitative estimate of drug-likeness (QED) is 0.555. The summed E-state index contributed by atoms with van der Waals surface area (Å²) < 4.78 is 16.1. The first-order chi connectivity index (χ1) is 14.4. The highest BCUT2D eigenvalue weighted by Gasteiger charge is 2.21. The van der Waals surface area contributed by atoms with E-state index in [0.717, 1.165) is 28.8 Å². The summed E-state index contributed by atoms with van der Waals surface area (Å²) in [5, 5.41) is 3.13. The molecule has 0 fully saturated rings. The molecule has 7 nitrogen and oxygen atoms in total. The number of nitrogens with one attached hydrogen (secondary N) is 2. The number of carbonyl (C=O) groups excluding carboxylic acids is 1. The summed E-state index contributed by atoms with van der Waals surface area (Å²) in [6.45, 7) is 4.25. The highest BCUT2D eigenvalue weighted by Crippen LogP contribution is 2.38. The van der Waals surface area contributed by atoms with Gasteiger partial charge in [0.05, 0.1) is 44.8 Å². The Morgan fingerprint density at radius 2 is 1.73 bits per heavy atom. The van der Waals surface area contributed by atoms with Crippen LogP contribution in [-0.4, -0.2) is 37.2 Å². The van der Waals surface area contributed by atoms with E-state index in [1.54, 1.807) is 33.5 Å². The number of fused-ring (bicyclic) bond motifs is 1. The number of methoxy groups -OCH3 is 3. The van der Waals surface area contributed by atoms with E-state index in [9.17, 15) is 4.79 Å². The first kappa shape index (κ1) is 21.5. The zero-order valence-electron chi connectivity index (χ0n) is 18.1. The lowest BCUT2D eigenvalue weighted by atomic mass is 10.0. The van der Waals surface area contributed by atoms with Crippen molar-refractivity contribution in [2.24, 2.45) is 5.92 Å². The van der Waals surface area contributed by atoms with Crippen LogP contribution in [0.4, 0.5) is 0 Å². The van der Waals surface area contributed by atoms with Crippen molar-refractivity contribution in [3.05, 3.63) is 47.8 Å². The fourth-order valence-corrected chi connectivity index (χ4v) is 3.52. The van der Waals surface area contributed by atoms with Gasteiger partial charge in [-0.2, -0.15) is 0 Å². The van der Waals surface area contributed by atoms with Gasteiger partial charge < -0.3 is 24.5 Å². The number of aromatic amines is 1. The van der Waals surface area contributed by atoms with Crippen LogP contribution in [0, 0.1) is 5.92 Å². The van der Waals surface area contributed by atoms with Gasteiger partial charge in [0.2, 0.25) is 11.7 Å². The van der Waals surface area contributed by atoms with Crippen molar-refractivity contribution < 1.29 is 19.0 Å². The average molecular weight is 412 g/mol. The van der Waals surface area contributed by atoms with Gasteiger partial charge in [0, 0.05) is 0 Å². The second kappa shape index (κ2) is 9.52. The van der Waals surface area contributed by atoms with Gasteiger partial charge in [0.1, 0.15) is 5.82 Å². The molecule has 0 radical (unpaired) electrons. The normalized spacial score (nSPS) is 12.1. The number of nitrogens with zero attached hydrogens (tertiary/aromatic N) is 1. The molecule has 3 rings (SSSR count). The van der Waals surface area contributed by atoms with Gasteiger partial charge in [-0.25, -0.2) is 4.98 Å². The molecule has 0 aliphatic rings. The third kappa shape index (κ3) is 4.84. The summed E-state index contributed by atoms with van der Waals surface area (Å²) >= 11 is 0. The molecule has 160 valence electrons. The van der Waals surface area contributed by atoms with Crippen LogP contribution in [0.3, 0.4) is 0 Å². The van der Waals surface area contributed by atoms with Crippen LogP contribution in [0.5, 0.6) is 17.2 Å². The lowest BCUT2D eigenvalue weighted by Crippen LogP contribution is -2.31. The molecule has 1 aromatic heterocycles. The Morgan fingerprint density at radius 3 is 2.30 bits per heavy atom. The van der Waals surface area contributed by atoms with Crippen LogP contribution in [-0.2, 0) is 11.2 Å². The average Bonchev–Trinajstić information content (AvgIpc) is 3.16. The maximum Gasteiger partial charge on any atom is 0.225 e. The van der Waals surface area contributed by atoms with Crippen molar-refractivity contribution in [3.63, 3.8) is 0 Å². The van der Waals surface area contributed by atoms with E-state index < -0.39 is 0 Å². The molecule has 30 heavy (non-hydrogen) atoms. The number of rotatable bonds is 9. The fourth-order valence-electron chi connectivity index (χ4n) is 3.52. The maximum atomic E-state index is 12.9. The molecule has 0 spiro atoms. The minimum atomic E-state index is -0.202. The molecule has 1 unspecified atom stereocenters. The molecule has 1 amide bonds. The topological polar surface area (TPSA) is 85.5 Å². The molecule has 0 saturated carbocycles. The third-order valence-corrected chi connectivity index (χ3v) is 4.87. The standard InChI is InChI=1S/C23H29N3O4/c1-14(2)10-18(23-25-16-8-6-7-9-17(16)26-23)24-21(27)13-15-11-19(28-3)22(30-5)20(12-15)29-4/h6-9,11-12,14,18H,10,13H2,1-5H3,(H,24,27)(H,25,26). The van der Waals surface area contributed by atoms with Crippen molar-refractivity contribution in [2.75, 3.05) is 21.3 Å². The number of hydrogen-bond donors (Lipinski definition) is 2. The predicted molar refractivity (Wildman–Crippen MR) is 116 cm³/mol. The molecule has 0 aliphatic heterocycles. The molecule has 1 heterocycles. The third-order valence-electron chi connectivity index (χ3n) is 4.87. The highest BCUT2D eigenvalue weighted by atomic mass is 16.5. The van der Waals surface area contributed by atoms with Crippen molar-refractivity contribution in [1.82, 2.24) is 15.3 Å². The number of imidazole rings is 1. The number of hydrogen-bond acceptors (Lipinski definition) is 5. The summed E-state index contributed by atoms with van der Waals surface area (Å²) in [5.74, 6) is 2.61. The molecular formula is C23H29N3O4. The van der Waals surface area contributed by atoms with Gasteiger partial charge in [-0.1, -0.05) is 26.0 Å². The van der Waals surface area contributed by atoms with Crippen molar-refractivity contribution in [3.8, 4) is 17.2 Å². The second-order valence-electron chi connectivity index (χ2n) is 7.60. The Kier molecular flexibility index (Phi) is 6.82. The Bertz CT molecular complexity index is 955. The molecule has 2 N–H and O–H groups in total. The Morgan fingerprint density at radius 1 is 1.07 bits per heavy atom. The summed E-state index contributed by atoms with van der Waals surface area (Å²) in [6, 6.07) is 11.2. The van der Waals surface area contributed by atoms with E-state index in [2.05, 4.69) is 29.1 Å². The zero-order chi connectivity index (χ0) is 21.7. The largest absolute Gasteiger partial charge is 0.493 e. The number of H-pyrrole nitrogens is 1. The molecule has 0 aliphatic carbocycles. The Hall–Kier alpha value is -3.22. The minimum Gasteiger partial charge on any atom is -0.493 e. The van der Waals surface area contributed by atoms with Crippen LogP contribution < -0.4 is 19.5 Å². The molecule has 2 aromatic carbocycles. The number of amides is 1. The lowest BCUT2D eigenvalue weighted by molar-refractivity contribution is -0.121. The van der Waals surface area contributed by atoms with Gasteiger partial charge >= 0.3 is 0 Å². The number of benzene rings is 2.